The number of amides is 1. The maximum Gasteiger partial charge on any atom is 0.573 e. The Bertz CT molecular complexity index is 890. The molecule has 0 spiro atoms. The van der Waals surface area contributed by atoms with Crippen molar-refractivity contribution in [2.75, 3.05) is 18.9 Å². The standard InChI is InChI=1S/C18H16F3N3O3/c1-24(11-17-23-14-4-2-3-5-15(14)26-17)10-16(25)22-12-6-8-13(9-7-12)27-18(19,20)21/h2-9H,10-11H2,1H3,(H,22,25). The van der Waals surface area contributed by atoms with E-state index in [1.165, 1.54) is 12.1 Å². The van der Waals surface area contributed by atoms with Crippen molar-refractivity contribution in [3.63, 3.8) is 0 Å². The molecule has 27 heavy (non-hydrogen) atoms. The number of likely N-dealkylation sites (N-methyl/N-ethyl adjacent to an activating group) is 1. The third kappa shape index (κ3) is 5.45. The summed E-state index contributed by atoms with van der Waals surface area (Å²) < 4.78 is 45.8. The van der Waals surface area contributed by atoms with Crippen molar-refractivity contribution in [3.8, 4) is 5.75 Å². The zero-order valence-electron chi connectivity index (χ0n) is 14.3. The fraction of sp³-hybridized carbons (Fsp3) is 0.222. The molecule has 0 fully saturated rings. The first-order valence-electron chi connectivity index (χ1n) is 7.97. The fourth-order valence-electron chi connectivity index (χ4n) is 2.46. The number of carbonyl (C=O) groups excluding carboxylic acids is 1. The van der Waals surface area contributed by atoms with Gasteiger partial charge in [-0.2, -0.15) is 0 Å². The number of halogens is 3. The van der Waals surface area contributed by atoms with E-state index in [2.05, 4.69) is 15.0 Å². The predicted octanol–water partition coefficient (Wildman–Crippen LogP) is 3.80. The number of oxazole rings is 1. The van der Waals surface area contributed by atoms with Gasteiger partial charge in [-0.05, 0) is 43.4 Å². The highest BCUT2D eigenvalue weighted by molar-refractivity contribution is 5.92. The topological polar surface area (TPSA) is 67.6 Å². The monoisotopic (exact) mass is 379 g/mol. The molecule has 0 saturated carbocycles. The molecule has 0 bridgehead atoms. The van der Waals surface area contributed by atoms with Crippen LogP contribution in [-0.2, 0) is 11.3 Å². The fourth-order valence-corrected chi connectivity index (χ4v) is 2.46. The third-order valence-electron chi connectivity index (χ3n) is 3.53. The second-order valence-electron chi connectivity index (χ2n) is 5.87. The number of aromatic nitrogens is 1. The van der Waals surface area contributed by atoms with Crippen molar-refractivity contribution in [3.05, 3.63) is 54.4 Å². The summed E-state index contributed by atoms with van der Waals surface area (Å²) in [5, 5.41) is 2.61. The number of para-hydroxylation sites is 2. The van der Waals surface area contributed by atoms with Crippen molar-refractivity contribution in [1.29, 1.82) is 0 Å². The van der Waals surface area contributed by atoms with E-state index in [1.807, 2.05) is 24.3 Å². The van der Waals surface area contributed by atoms with Crippen LogP contribution in [0.25, 0.3) is 11.1 Å². The normalized spacial score (nSPS) is 11.7. The molecule has 0 aliphatic carbocycles. The molecule has 0 radical (unpaired) electrons. The number of hydrogen-bond acceptors (Lipinski definition) is 5. The molecule has 1 aromatic heterocycles. The molecule has 9 heteroatoms. The molecule has 2 aromatic carbocycles. The summed E-state index contributed by atoms with van der Waals surface area (Å²) in [5.41, 5.74) is 1.78. The Morgan fingerprint density at radius 3 is 2.56 bits per heavy atom. The molecule has 0 unspecified atom stereocenters. The van der Waals surface area contributed by atoms with Crippen LogP contribution in [0.15, 0.2) is 52.9 Å². The molecule has 1 N–H and O–H groups in total. The zero-order valence-corrected chi connectivity index (χ0v) is 14.3. The van der Waals surface area contributed by atoms with Crippen LogP contribution in [0, 0.1) is 0 Å². The number of nitrogens with one attached hydrogen (secondary N) is 1. The first-order valence-corrected chi connectivity index (χ1v) is 7.97. The van der Waals surface area contributed by atoms with E-state index < -0.39 is 6.36 Å². The number of carbonyl (C=O) groups is 1. The molecule has 1 amide bonds. The first-order chi connectivity index (χ1) is 12.8. The molecular formula is C18H16F3N3O3. The van der Waals surface area contributed by atoms with Gasteiger partial charge in [-0.25, -0.2) is 4.98 Å². The summed E-state index contributed by atoms with van der Waals surface area (Å²) in [5.74, 6) is -0.188. The SMILES string of the molecule is CN(CC(=O)Nc1ccc(OC(F)(F)F)cc1)Cc1nc2ccccc2o1. The predicted molar refractivity (Wildman–Crippen MR) is 92.1 cm³/mol. The Morgan fingerprint density at radius 2 is 1.89 bits per heavy atom. The Hall–Kier alpha value is -3.07. The van der Waals surface area contributed by atoms with Crippen LogP contribution in [0.4, 0.5) is 18.9 Å². The number of alkyl halides is 3. The van der Waals surface area contributed by atoms with Crippen molar-refractivity contribution in [2.45, 2.75) is 12.9 Å². The van der Waals surface area contributed by atoms with Crippen molar-refractivity contribution >= 4 is 22.7 Å². The van der Waals surface area contributed by atoms with Crippen LogP contribution in [0.2, 0.25) is 0 Å². The lowest BCUT2D eigenvalue weighted by Gasteiger charge is -2.14. The molecule has 0 aliphatic rings. The van der Waals surface area contributed by atoms with E-state index in [0.29, 0.717) is 23.7 Å². The zero-order chi connectivity index (χ0) is 19.4. The number of benzene rings is 2. The van der Waals surface area contributed by atoms with Gasteiger partial charge in [-0.15, -0.1) is 13.2 Å². The highest BCUT2D eigenvalue weighted by Crippen LogP contribution is 2.24. The molecule has 1 heterocycles. The van der Waals surface area contributed by atoms with Crippen LogP contribution in [0.5, 0.6) is 5.75 Å². The summed E-state index contributed by atoms with van der Waals surface area (Å²) in [7, 11) is 1.73. The first kappa shape index (κ1) is 18.7. The quantitative estimate of drug-likeness (QED) is 0.706. The minimum Gasteiger partial charge on any atom is -0.439 e. The third-order valence-corrected chi connectivity index (χ3v) is 3.53. The number of rotatable bonds is 6. The Kier molecular flexibility index (Phi) is 5.31. The second-order valence-corrected chi connectivity index (χ2v) is 5.87. The van der Waals surface area contributed by atoms with E-state index in [-0.39, 0.29) is 18.2 Å². The van der Waals surface area contributed by atoms with Crippen molar-refractivity contribution in [1.82, 2.24) is 9.88 Å². The minimum absolute atomic E-state index is 0.0551. The van der Waals surface area contributed by atoms with Gasteiger partial charge in [0, 0.05) is 5.69 Å². The molecule has 0 aliphatic heterocycles. The maximum atomic E-state index is 12.1. The van der Waals surface area contributed by atoms with Gasteiger partial charge in [-0.1, -0.05) is 12.1 Å². The van der Waals surface area contributed by atoms with Gasteiger partial charge in [-0.3, -0.25) is 9.69 Å². The van der Waals surface area contributed by atoms with Crippen LogP contribution in [0.3, 0.4) is 0 Å². The lowest BCUT2D eigenvalue weighted by Crippen LogP contribution is -2.29. The molecule has 3 rings (SSSR count). The number of anilines is 1. The molecule has 0 saturated heterocycles. The summed E-state index contributed by atoms with van der Waals surface area (Å²) >= 11 is 0. The number of nitrogens with zero attached hydrogens (tertiary/aromatic N) is 2. The van der Waals surface area contributed by atoms with Gasteiger partial charge in [0.05, 0.1) is 13.1 Å². The van der Waals surface area contributed by atoms with Crippen LogP contribution in [0.1, 0.15) is 5.89 Å². The Balaban J connectivity index is 1.52. The van der Waals surface area contributed by atoms with Gasteiger partial charge in [0.2, 0.25) is 11.8 Å². The van der Waals surface area contributed by atoms with E-state index in [1.54, 1.807) is 11.9 Å². The van der Waals surface area contributed by atoms with E-state index >= 15 is 0 Å². The number of fused-ring (bicyclic) bond motifs is 1. The Morgan fingerprint density at radius 1 is 1.19 bits per heavy atom. The van der Waals surface area contributed by atoms with Gasteiger partial charge in [0.1, 0.15) is 11.3 Å². The molecule has 142 valence electrons. The number of ether oxygens (including phenoxy) is 1. The lowest BCUT2D eigenvalue weighted by molar-refractivity contribution is -0.274. The average Bonchev–Trinajstić information content (AvgIpc) is 2.97. The number of hydrogen-bond donors (Lipinski definition) is 1. The molecule has 0 atom stereocenters. The second kappa shape index (κ2) is 7.67. The summed E-state index contributed by atoms with van der Waals surface area (Å²) in [6.07, 6.45) is -4.75. The maximum absolute atomic E-state index is 12.1. The summed E-state index contributed by atoms with van der Waals surface area (Å²) in [4.78, 5) is 18.1. The van der Waals surface area contributed by atoms with Crippen LogP contribution < -0.4 is 10.1 Å². The highest BCUT2D eigenvalue weighted by Gasteiger charge is 2.30. The molecule has 3 aromatic rings. The highest BCUT2D eigenvalue weighted by atomic mass is 19.4. The van der Waals surface area contributed by atoms with E-state index in [9.17, 15) is 18.0 Å². The largest absolute Gasteiger partial charge is 0.573 e. The van der Waals surface area contributed by atoms with Gasteiger partial charge in [0.25, 0.3) is 0 Å². The minimum atomic E-state index is -4.75. The van der Waals surface area contributed by atoms with Gasteiger partial charge in [0.15, 0.2) is 5.58 Å². The average molecular weight is 379 g/mol. The van der Waals surface area contributed by atoms with Crippen LogP contribution in [-0.4, -0.2) is 35.7 Å². The lowest BCUT2D eigenvalue weighted by atomic mass is 10.3. The van der Waals surface area contributed by atoms with E-state index in [0.717, 1.165) is 17.6 Å². The smallest absolute Gasteiger partial charge is 0.439 e. The van der Waals surface area contributed by atoms with Crippen molar-refractivity contribution < 1.29 is 27.1 Å². The van der Waals surface area contributed by atoms with Gasteiger partial charge < -0.3 is 14.5 Å². The van der Waals surface area contributed by atoms with E-state index in [4.69, 9.17) is 4.42 Å². The molecule has 6 nitrogen and oxygen atoms in total. The molecular weight excluding hydrogens is 363 g/mol. The van der Waals surface area contributed by atoms with Gasteiger partial charge >= 0.3 is 6.36 Å². The summed E-state index contributed by atoms with van der Waals surface area (Å²) in [6.45, 7) is 0.389. The van der Waals surface area contributed by atoms with Crippen molar-refractivity contribution in [2.24, 2.45) is 0 Å². The van der Waals surface area contributed by atoms with Crippen LogP contribution >= 0.6 is 0 Å². The summed E-state index contributed by atoms with van der Waals surface area (Å²) in [6, 6.07) is 12.3. The Labute approximate surface area is 152 Å².